The smallest absolute Gasteiger partial charge is 0.308 e. The molecule has 4 aliphatic carbocycles. The van der Waals surface area contributed by atoms with Gasteiger partial charge in [0, 0.05) is 33.1 Å². The number of hydrogen-bond acceptors (Lipinski definition) is 12. The van der Waals surface area contributed by atoms with Crippen LogP contribution in [-0.2, 0) is 52.5 Å². The Balaban J connectivity index is 2.17. The molecule has 0 radical (unpaired) electrons. The maximum Gasteiger partial charge on any atom is 0.308 e. The second kappa shape index (κ2) is 12.2. The molecule has 0 heterocycles. The van der Waals surface area contributed by atoms with Gasteiger partial charge in [-0.15, -0.1) is 0 Å². The summed E-state index contributed by atoms with van der Waals surface area (Å²) in [4.78, 5) is 80.0. The van der Waals surface area contributed by atoms with Crippen molar-refractivity contribution in [3.8, 4) is 0 Å². The number of fused-ring (bicyclic) bond motifs is 4. The first-order valence-electron chi connectivity index (χ1n) is 16.4. The van der Waals surface area contributed by atoms with Gasteiger partial charge in [-0.1, -0.05) is 41.5 Å². The zero-order chi connectivity index (χ0) is 34.7. The molecule has 12 heteroatoms. The minimum atomic E-state index is -2.32. The van der Waals surface area contributed by atoms with Crippen LogP contribution in [0.25, 0.3) is 0 Å². The van der Waals surface area contributed by atoms with Gasteiger partial charge in [0.05, 0.1) is 17.3 Å². The maximum atomic E-state index is 15.1. The molecule has 1 N–H and O–H groups in total. The third-order valence-electron chi connectivity index (χ3n) is 11.5. The lowest BCUT2D eigenvalue weighted by Gasteiger charge is -2.55. The standard InChI is InChI=1S/C34H50O12/c1-11-16(3)29(39)45-28-25-26(44-23(38)12-2)17(4)14-34(25,41)30(40)32(10,46-20(7)37)27-24-21(31(24,8)9)13-22(43-19(6)36)33(27,28)15-42-18(5)35/h16-17,21-22,24-28,41H,11-15H2,1-10H3. The summed E-state index contributed by atoms with van der Waals surface area (Å²) in [6, 6.07) is 0. The fraction of sp³-hybridized carbons (Fsp3) is 0.824. The Labute approximate surface area is 270 Å². The van der Waals surface area contributed by atoms with Crippen molar-refractivity contribution >= 4 is 35.6 Å². The molecule has 4 rings (SSSR count). The molecule has 0 aliphatic heterocycles. The highest BCUT2D eigenvalue weighted by Gasteiger charge is 2.84. The van der Waals surface area contributed by atoms with Gasteiger partial charge >= 0.3 is 29.8 Å². The summed E-state index contributed by atoms with van der Waals surface area (Å²) in [6.07, 6.45) is -3.26. The van der Waals surface area contributed by atoms with Gasteiger partial charge in [0.25, 0.3) is 0 Å². The number of aliphatic hydroxyl groups is 1. The molecule has 0 aromatic carbocycles. The number of Topliss-reactive ketones (excluding diaryl/α,β-unsaturated/α-hetero) is 1. The number of esters is 5. The van der Waals surface area contributed by atoms with E-state index in [4.69, 9.17) is 23.7 Å². The summed E-state index contributed by atoms with van der Waals surface area (Å²) in [5.41, 5.74) is -6.57. The van der Waals surface area contributed by atoms with Crippen LogP contribution >= 0.6 is 0 Å². The van der Waals surface area contributed by atoms with E-state index >= 15 is 4.79 Å². The Morgan fingerprint density at radius 2 is 1.57 bits per heavy atom. The first-order chi connectivity index (χ1) is 21.2. The molecule has 12 nitrogen and oxygen atoms in total. The van der Waals surface area contributed by atoms with Crippen LogP contribution in [0.4, 0.5) is 0 Å². The molecule has 4 aliphatic rings. The van der Waals surface area contributed by atoms with Crippen molar-refractivity contribution in [3.63, 3.8) is 0 Å². The quantitative estimate of drug-likeness (QED) is 0.286. The fourth-order valence-corrected chi connectivity index (χ4v) is 9.31. The van der Waals surface area contributed by atoms with E-state index in [1.807, 2.05) is 13.8 Å². The van der Waals surface area contributed by atoms with Gasteiger partial charge in [-0.25, -0.2) is 0 Å². The molecule has 0 bridgehead atoms. The second-order valence-electron chi connectivity index (χ2n) is 14.8. The molecule has 0 spiro atoms. The number of hydrogen-bond donors (Lipinski definition) is 1. The lowest BCUT2D eigenvalue weighted by Crippen LogP contribution is -2.66. The lowest BCUT2D eigenvalue weighted by atomic mass is 9.55. The average Bonchev–Trinajstić information content (AvgIpc) is 3.40. The molecular weight excluding hydrogens is 600 g/mol. The topological polar surface area (TPSA) is 169 Å². The van der Waals surface area contributed by atoms with Crippen molar-refractivity contribution in [2.45, 2.75) is 124 Å². The number of ketones is 1. The summed E-state index contributed by atoms with van der Waals surface area (Å²) in [6.45, 7) is 15.3. The molecule has 12 atom stereocenters. The van der Waals surface area contributed by atoms with Gasteiger partial charge in [0.2, 0.25) is 5.78 Å². The van der Waals surface area contributed by atoms with Crippen molar-refractivity contribution in [1.29, 1.82) is 0 Å². The van der Waals surface area contributed by atoms with Gasteiger partial charge < -0.3 is 28.8 Å². The van der Waals surface area contributed by atoms with Crippen molar-refractivity contribution in [1.82, 2.24) is 0 Å². The fourth-order valence-electron chi connectivity index (χ4n) is 9.31. The maximum absolute atomic E-state index is 15.1. The number of rotatable bonds is 9. The van der Waals surface area contributed by atoms with Crippen LogP contribution in [0.3, 0.4) is 0 Å². The summed E-state index contributed by atoms with van der Waals surface area (Å²) < 4.78 is 30.2. The molecule has 12 unspecified atom stereocenters. The van der Waals surface area contributed by atoms with E-state index in [2.05, 4.69) is 0 Å². The molecule has 4 fully saturated rings. The van der Waals surface area contributed by atoms with Crippen LogP contribution in [0.15, 0.2) is 0 Å². The minimum absolute atomic E-state index is 0.0000324. The van der Waals surface area contributed by atoms with Gasteiger partial charge in [-0.3, -0.25) is 28.8 Å². The van der Waals surface area contributed by atoms with Crippen molar-refractivity contribution in [3.05, 3.63) is 0 Å². The van der Waals surface area contributed by atoms with E-state index in [1.165, 1.54) is 20.8 Å². The predicted octanol–water partition coefficient (Wildman–Crippen LogP) is 3.33. The van der Waals surface area contributed by atoms with E-state index in [0.717, 1.165) is 6.92 Å². The number of carbonyl (C=O) groups is 6. The molecule has 0 aromatic rings. The van der Waals surface area contributed by atoms with E-state index in [0.29, 0.717) is 6.42 Å². The molecule has 0 saturated heterocycles. The molecule has 0 aromatic heterocycles. The molecule has 258 valence electrons. The summed E-state index contributed by atoms with van der Waals surface area (Å²) in [5, 5.41) is 12.7. The van der Waals surface area contributed by atoms with E-state index < -0.39 is 106 Å². The molecule has 4 saturated carbocycles. The SMILES string of the molecule is CCC(=O)OC1C(C)CC2(O)C(=O)C(C)(OC(C)=O)C3C4C(CC(OC(C)=O)C3(COC(C)=O)C(OC(=O)C(C)CC)C12)C4(C)C. The summed E-state index contributed by atoms with van der Waals surface area (Å²) in [5.74, 6) is -8.39. The van der Waals surface area contributed by atoms with Crippen LogP contribution < -0.4 is 0 Å². The van der Waals surface area contributed by atoms with Gasteiger partial charge in [0.15, 0.2) is 5.60 Å². The van der Waals surface area contributed by atoms with Crippen LogP contribution in [0.2, 0.25) is 0 Å². The third-order valence-corrected chi connectivity index (χ3v) is 11.5. The van der Waals surface area contributed by atoms with Gasteiger partial charge in [-0.05, 0) is 49.4 Å². The van der Waals surface area contributed by atoms with E-state index in [1.54, 1.807) is 27.7 Å². The Hall–Kier alpha value is -3.02. The minimum Gasteiger partial charge on any atom is -0.465 e. The lowest BCUT2D eigenvalue weighted by molar-refractivity contribution is -0.240. The number of carbonyl (C=O) groups excluding carboxylic acids is 6. The zero-order valence-electron chi connectivity index (χ0n) is 28.7. The van der Waals surface area contributed by atoms with Crippen LogP contribution in [-0.4, -0.2) is 76.9 Å². The zero-order valence-corrected chi connectivity index (χ0v) is 28.7. The first kappa shape index (κ1) is 35.8. The Bertz CT molecular complexity index is 1290. The largest absolute Gasteiger partial charge is 0.465 e. The second-order valence-corrected chi connectivity index (χ2v) is 14.8. The first-order valence-corrected chi connectivity index (χ1v) is 16.4. The highest BCUT2D eigenvalue weighted by atomic mass is 16.6. The Kier molecular flexibility index (Phi) is 9.51. The van der Waals surface area contributed by atoms with Gasteiger partial charge in [-0.2, -0.15) is 0 Å². The van der Waals surface area contributed by atoms with Gasteiger partial charge in [0.1, 0.15) is 30.5 Å². The third kappa shape index (κ3) is 5.52. The monoisotopic (exact) mass is 650 g/mol. The molecular formula is C34H50O12. The molecule has 0 amide bonds. The van der Waals surface area contributed by atoms with Crippen molar-refractivity contribution < 1.29 is 57.6 Å². The summed E-state index contributed by atoms with van der Waals surface area (Å²) >= 11 is 0. The number of ether oxygens (including phenoxy) is 5. The Morgan fingerprint density at radius 3 is 2.09 bits per heavy atom. The van der Waals surface area contributed by atoms with Crippen molar-refractivity contribution in [2.75, 3.05) is 6.61 Å². The Morgan fingerprint density at radius 1 is 0.935 bits per heavy atom. The van der Waals surface area contributed by atoms with E-state index in [-0.39, 0.29) is 31.1 Å². The average molecular weight is 651 g/mol. The predicted molar refractivity (Wildman–Crippen MR) is 160 cm³/mol. The van der Waals surface area contributed by atoms with Crippen LogP contribution in [0, 0.1) is 46.3 Å². The normalized spacial score (nSPS) is 41.0. The summed E-state index contributed by atoms with van der Waals surface area (Å²) in [7, 11) is 0. The molecule has 46 heavy (non-hydrogen) atoms. The van der Waals surface area contributed by atoms with E-state index in [9.17, 15) is 29.1 Å². The van der Waals surface area contributed by atoms with Crippen LogP contribution in [0.1, 0.15) is 94.9 Å². The van der Waals surface area contributed by atoms with Crippen LogP contribution in [0.5, 0.6) is 0 Å². The highest BCUT2D eigenvalue weighted by Crippen LogP contribution is 2.76. The van der Waals surface area contributed by atoms with Crippen molar-refractivity contribution in [2.24, 2.45) is 46.3 Å². The highest BCUT2D eigenvalue weighted by molar-refractivity contribution is 5.98.